The standard InChI is InChI=1S/C7H14O.2C7H14S.3C2H6/c3*1-6-4-3-5-8-7(6)2;3*1-2/h3*6-7H,3-5H2,1-2H3;3*1-2H3. The van der Waals surface area contributed by atoms with Gasteiger partial charge in [0.2, 0.25) is 0 Å². The molecule has 3 saturated heterocycles. The van der Waals surface area contributed by atoms with Crippen LogP contribution in [0.5, 0.6) is 0 Å². The molecule has 0 N–H and O–H groups in total. The molecule has 0 aromatic rings. The smallest absolute Gasteiger partial charge is 0.0572 e. The van der Waals surface area contributed by atoms with E-state index in [1.54, 1.807) is 0 Å². The zero-order chi connectivity index (χ0) is 23.9. The Morgan fingerprint density at radius 3 is 1.10 bits per heavy atom. The lowest BCUT2D eigenvalue weighted by atomic mass is 9.98. The summed E-state index contributed by atoms with van der Waals surface area (Å²) < 4.78 is 5.39. The maximum Gasteiger partial charge on any atom is 0.0572 e. The van der Waals surface area contributed by atoms with Gasteiger partial charge >= 0.3 is 0 Å². The van der Waals surface area contributed by atoms with Gasteiger partial charge in [-0.2, -0.15) is 23.5 Å². The molecule has 0 aliphatic carbocycles. The highest BCUT2D eigenvalue weighted by atomic mass is 32.2. The highest BCUT2D eigenvalue weighted by Gasteiger charge is 2.17. The lowest BCUT2D eigenvalue weighted by Gasteiger charge is -2.25. The van der Waals surface area contributed by atoms with Gasteiger partial charge in [-0.3, -0.25) is 0 Å². The summed E-state index contributed by atoms with van der Waals surface area (Å²) in [6.45, 7) is 26.8. The summed E-state index contributed by atoms with van der Waals surface area (Å²) in [5, 5.41) is 1.84. The largest absolute Gasteiger partial charge is 0.378 e. The first-order valence-electron chi connectivity index (χ1n) is 13.3. The Morgan fingerprint density at radius 1 is 0.533 bits per heavy atom. The molecule has 0 radical (unpaired) electrons. The Balaban J connectivity index is -0.000000323. The molecule has 6 unspecified atom stereocenters. The van der Waals surface area contributed by atoms with E-state index in [0.717, 1.165) is 34.9 Å². The first-order chi connectivity index (χ1) is 14.4. The second-order valence-electron chi connectivity index (χ2n) is 8.09. The van der Waals surface area contributed by atoms with Crippen molar-refractivity contribution in [2.24, 2.45) is 17.8 Å². The monoisotopic (exact) mass is 464 g/mol. The molecule has 6 atom stereocenters. The van der Waals surface area contributed by atoms with Crippen LogP contribution in [-0.4, -0.2) is 34.7 Å². The van der Waals surface area contributed by atoms with Crippen LogP contribution in [0.1, 0.15) is 122 Å². The Bertz CT molecular complexity index is 234. The van der Waals surface area contributed by atoms with Gasteiger partial charge in [0.25, 0.3) is 0 Å². The quantitative estimate of drug-likeness (QED) is 0.353. The molecule has 0 spiro atoms. The predicted octanol–water partition coefficient (Wildman–Crippen LogP) is 9.98. The van der Waals surface area contributed by atoms with Crippen LogP contribution >= 0.6 is 23.5 Å². The third-order valence-electron chi connectivity index (χ3n) is 5.96. The van der Waals surface area contributed by atoms with Crippen LogP contribution in [0.3, 0.4) is 0 Å². The summed E-state index contributed by atoms with van der Waals surface area (Å²) in [7, 11) is 0. The molecule has 0 amide bonds. The fraction of sp³-hybridized carbons (Fsp3) is 1.00. The van der Waals surface area contributed by atoms with Crippen molar-refractivity contribution >= 4 is 23.5 Å². The molecule has 3 rings (SSSR count). The summed E-state index contributed by atoms with van der Waals surface area (Å²) in [5.41, 5.74) is 0. The fourth-order valence-electron chi connectivity index (χ4n) is 3.22. The second kappa shape index (κ2) is 25.9. The van der Waals surface area contributed by atoms with E-state index in [9.17, 15) is 0 Å². The molecule has 0 saturated carbocycles. The Kier molecular flexibility index (Phi) is 30.5. The van der Waals surface area contributed by atoms with Crippen LogP contribution < -0.4 is 0 Å². The molecule has 0 aromatic carbocycles. The van der Waals surface area contributed by atoms with Gasteiger partial charge in [-0.1, -0.05) is 76.2 Å². The van der Waals surface area contributed by atoms with E-state index in [1.807, 2.05) is 41.5 Å². The first-order valence-corrected chi connectivity index (χ1v) is 15.4. The minimum atomic E-state index is 0.503. The number of hydrogen-bond donors (Lipinski definition) is 0. The number of hydrogen-bond acceptors (Lipinski definition) is 3. The summed E-state index contributed by atoms with van der Waals surface area (Å²) in [6.07, 6.45) is 8.89. The van der Waals surface area contributed by atoms with Crippen LogP contribution in [-0.2, 0) is 4.74 Å². The van der Waals surface area contributed by atoms with Gasteiger partial charge in [-0.25, -0.2) is 0 Å². The van der Waals surface area contributed by atoms with Gasteiger partial charge in [0.1, 0.15) is 0 Å². The number of rotatable bonds is 0. The van der Waals surface area contributed by atoms with Gasteiger partial charge in [0, 0.05) is 17.1 Å². The topological polar surface area (TPSA) is 9.23 Å². The van der Waals surface area contributed by atoms with Crippen LogP contribution in [0.2, 0.25) is 0 Å². The summed E-state index contributed by atoms with van der Waals surface area (Å²) in [6, 6.07) is 0. The van der Waals surface area contributed by atoms with E-state index in [4.69, 9.17) is 4.74 Å². The molecule has 30 heavy (non-hydrogen) atoms. The molecule has 186 valence electrons. The van der Waals surface area contributed by atoms with Crippen molar-refractivity contribution in [2.45, 2.75) is 138 Å². The normalized spacial score (nSPS) is 32.4. The molecular formula is C27H60OS2. The van der Waals surface area contributed by atoms with Crippen molar-refractivity contribution in [3.05, 3.63) is 0 Å². The minimum absolute atomic E-state index is 0.503. The third kappa shape index (κ3) is 19.4. The molecule has 1 nitrogen and oxygen atoms in total. The molecule has 0 aromatic heterocycles. The SMILES string of the molecule is CC.CC.CC.CC1CCCOC1C.CC1CCCSC1C.CC1CCCSC1C. The molecular weight excluding hydrogens is 404 g/mol. The molecule has 3 heterocycles. The van der Waals surface area contributed by atoms with Crippen LogP contribution in [0.15, 0.2) is 0 Å². The van der Waals surface area contributed by atoms with Gasteiger partial charge < -0.3 is 4.74 Å². The maximum atomic E-state index is 5.39. The fourth-order valence-corrected chi connectivity index (χ4v) is 5.56. The van der Waals surface area contributed by atoms with Crippen molar-refractivity contribution in [1.29, 1.82) is 0 Å². The van der Waals surface area contributed by atoms with Crippen LogP contribution in [0.25, 0.3) is 0 Å². The van der Waals surface area contributed by atoms with E-state index in [-0.39, 0.29) is 0 Å². The van der Waals surface area contributed by atoms with Crippen molar-refractivity contribution in [1.82, 2.24) is 0 Å². The van der Waals surface area contributed by atoms with E-state index < -0.39 is 0 Å². The third-order valence-corrected chi connectivity index (χ3v) is 8.99. The Morgan fingerprint density at radius 2 is 0.900 bits per heavy atom. The lowest BCUT2D eigenvalue weighted by Crippen LogP contribution is -2.23. The summed E-state index contributed by atoms with van der Waals surface area (Å²) >= 11 is 4.25. The average Bonchev–Trinajstić information content (AvgIpc) is 2.80. The molecule has 3 aliphatic rings. The van der Waals surface area contributed by atoms with Crippen LogP contribution in [0, 0.1) is 17.8 Å². The van der Waals surface area contributed by atoms with Gasteiger partial charge in [0.15, 0.2) is 0 Å². The van der Waals surface area contributed by atoms with Gasteiger partial charge in [-0.15, -0.1) is 0 Å². The zero-order valence-corrected chi connectivity index (χ0v) is 24.7. The Labute approximate surface area is 202 Å². The van der Waals surface area contributed by atoms with Crippen molar-refractivity contribution < 1.29 is 4.74 Å². The van der Waals surface area contributed by atoms with Gasteiger partial charge in [0.05, 0.1) is 6.10 Å². The van der Waals surface area contributed by atoms with Crippen molar-refractivity contribution in [2.75, 3.05) is 18.1 Å². The highest BCUT2D eigenvalue weighted by molar-refractivity contribution is 8.00. The van der Waals surface area contributed by atoms with Gasteiger partial charge in [-0.05, 0) is 74.7 Å². The van der Waals surface area contributed by atoms with Crippen LogP contribution in [0.4, 0.5) is 0 Å². The van der Waals surface area contributed by atoms with Crippen molar-refractivity contribution in [3.8, 4) is 0 Å². The number of thioether (sulfide) groups is 2. The maximum absolute atomic E-state index is 5.39. The molecule has 3 heteroatoms. The average molecular weight is 465 g/mol. The van der Waals surface area contributed by atoms with E-state index >= 15 is 0 Å². The molecule has 3 fully saturated rings. The van der Waals surface area contributed by atoms with E-state index in [1.165, 1.54) is 50.0 Å². The minimum Gasteiger partial charge on any atom is -0.378 e. The summed E-state index contributed by atoms with van der Waals surface area (Å²) in [4.78, 5) is 0. The van der Waals surface area contributed by atoms with E-state index in [0.29, 0.717) is 6.10 Å². The van der Waals surface area contributed by atoms with E-state index in [2.05, 4.69) is 65.1 Å². The van der Waals surface area contributed by atoms with Crippen molar-refractivity contribution in [3.63, 3.8) is 0 Å². The Hall–Kier alpha value is 0.660. The summed E-state index contributed by atoms with van der Waals surface area (Å²) in [5.74, 6) is 5.50. The zero-order valence-electron chi connectivity index (χ0n) is 23.1. The molecule has 3 aliphatic heterocycles. The lowest BCUT2D eigenvalue weighted by molar-refractivity contribution is -0.00789. The predicted molar refractivity (Wildman–Crippen MR) is 148 cm³/mol. The highest BCUT2D eigenvalue weighted by Crippen LogP contribution is 2.30. The molecule has 0 bridgehead atoms. The number of ether oxygens (including phenoxy) is 1. The second-order valence-corrected chi connectivity index (χ2v) is 11.1. The first kappa shape index (κ1) is 35.3.